The summed E-state index contributed by atoms with van der Waals surface area (Å²) in [6.07, 6.45) is 0. The molecule has 15 heavy (non-hydrogen) atoms. The average Bonchev–Trinajstić information content (AvgIpc) is 2.33. The molecule has 0 saturated carbocycles. The molecular weight excluding hydrogens is 312 g/mol. The first kappa shape index (κ1) is 10.8. The Morgan fingerprint density at radius 1 is 0.733 bits per heavy atom. The SMILES string of the molecule is [Cl][Sn][N](c1ccccc1)c1ccccc1. The minimum atomic E-state index is -1.04. The van der Waals surface area contributed by atoms with E-state index in [1.807, 2.05) is 36.4 Å². The Morgan fingerprint density at radius 3 is 1.47 bits per heavy atom. The van der Waals surface area contributed by atoms with E-state index in [1.54, 1.807) is 0 Å². The second-order valence-corrected chi connectivity index (χ2v) is 5.98. The summed E-state index contributed by atoms with van der Waals surface area (Å²) in [6, 6.07) is 20.6. The van der Waals surface area contributed by atoms with E-state index in [9.17, 15) is 0 Å². The van der Waals surface area contributed by atoms with E-state index >= 15 is 0 Å². The van der Waals surface area contributed by atoms with Crippen LogP contribution in [0.15, 0.2) is 60.7 Å². The summed E-state index contributed by atoms with van der Waals surface area (Å²) < 4.78 is 2.23. The van der Waals surface area contributed by atoms with Crippen molar-refractivity contribution >= 4 is 40.6 Å². The molecule has 0 atom stereocenters. The van der Waals surface area contributed by atoms with E-state index in [0.717, 1.165) is 0 Å². The molecule has 0 unspecified atom stereocenters. The van der Waals surface area contributed by atoms with Crippen molar-refractivity contribution in [1.82, 2.24) is 0 Å². The molecular formula is C12H10ClNSn. The molecule has 2 aromatic rings. The van der Waals surface area contributed by atoms with Crippen LogP contribution < -0.4 is 3.12 Å². The fourth-order valence-electron chi connectivity index (χ4n) is 1.40. The number of benzene rings is 2. The predicted molar refractivity (Wildman–Crippen MR) is 66.6 cm³/mol. The van der Waals surface area contributed by atoms with E-state index in [2.05, 4.69) is 27.4 Å². The van der Waals surface area contributed by atoms with Crippen LogP contribution in [0.1, 0.15) is 0 Å². The van der Waals surface area contributed by atoms with Gasteiger partial charge in [-0.15, -0.1) is 0 Å². The summed E-state index contributed by atoms with van der Waals surface area (Å²) in [5.41, 5.74) is 2.37. The minimum absolute atomic E-state index is 1.04. The van der Waals surface area contributed by atoms with Gasteiger partial charge < -0.3 is 0 Å². The number of nitrogens with zero attached hydrogens (tertiary/aromatic N) is 1. The Kier molecular flexibility index (Phi) is 3.92. The van der Waals surface area contributed by atoms with Gasteiger partial charge in [-0.25, -0.2) is 0 Å². The van der Waals surface area contributed by atoms with Crippen LogP contribution in [0.4, 0.5) is 11.4 Å². The van der Waals surface area contributed by atoms with E-state index in [0.29, 0.717) is 0 Å². The topological polar surface area (TPSA) is 3.24 Å². The molecule has 74 valence electrons. The quantitative estimate of drug-likeness (QED) is 0.781. The van der Waals surface area contributed by atoms with Gasteiger partial charge in [-0.3, -0.25) is 0 Å². The van der Waals surface area contributed by atoms with Crippen LogP contribution in [-0.4, -0.2) is 20.3 Å². The average molecular weight is 322 g/mol. The molecule has 0 heterocycles. The maximum absolute atomic E-state index is 6.13. The molecule has 2 aromatic carbocycles. The summed E-state index contributed by atoms with van der Waals surface area (Å²) in [5.74, 6) is 0. The van der Waals surface area contributed by atoms with Crippen molar-refractivity contribution in [1.29, 1.82) is 0 Å². The number of para-hydroxylation sites is 2. The van der Waals surface area contributed by atoms with Gasteiger partial charge in [0.05, 0.1) is 0 Å². The van der Waals surface area contributed by atoms with Gasteiger partial charge in [0.1, 0.15) is 0 Å². The first-order valence-corrected chi connectivity index (χ1v) is 9.57. The van der Waals surface area contributed by atoms with Crippen molar-refractivity contribution in [3.63, 3.8) is 0 Å². The Bertz CT molecular complexity index is 365. The molecule has 0 amide bonds. The molecule has 0 aliphatic carbocycles. The first-order valence-electron chi connectivity index (χ1n) is 4.68. The van der Waals surface area contributed by atoms with Gasteiger partial charge >= 0.3 is 104 Å². The van der Waals surface area contributed by atoms with Crippen LogP contribution >= 0.6 is 8.92 Å². The first-order chi connectivity index (χ1) is 7.42. The zero-order chi connectivity index (χ0) is 10.5. The summed E-state index contributed by atoms with van der Waals surface area (Å²) in [7, 11) is 6.13. The van der Waals surface area contributed by atoms with Crippen LogP contribution in [0, 0.1) is 0 Å². The van der Waals surface area contributed by atoms with Crippen LogP contribution in [0.2, 0.25) is 0 Å². The third-order valence-electron chi connectivity index (χ3n) is 2.11. The van der Waals surface area contributed by atoms with E-state index < -0.39 is 20.3 Å². The van der Waals surface area contributed by atoms with Crippen molar-refractivity contribution in [2.24, 2.45) is 0 Å². The Morgan fingerprint density at radius 2 is 1.13 bits per heavy atom. The normalized spacial score (nSPS) is 9.93. The number of hydrogen-bond acceptors (Lipinski definition) is 1. The number of halogens is 1. The molecule has 0 aliphatic heterocycles. The van der Waals surface area contributed by atoms with Crippen molar-refractivity contribution in [3.05, 3.63) is 60.7 Å². The summed E-state index contributed by atoms with van der Waals surface area (Å²) >= 11 is -1.04. The second kappa shape index (κ2) is 5.42. The van der Waals surface area contributed by atoms with Gasteiger partial charge in [0.25, 0.3) is 0 Å². The van der Waals surface area contributed by atoms with Gasteiger partial charge in [0.2, 0.25) is 0 Å². The summed E-state index contributed by atoms with van der Waals surface area (Å²) in [6.45, 7) is 0. The summed E-state index contributed by atoms with van der Waals surface area (Å²) in [4.78, 5) is 0. The summed E-state index contributed by atoms with van der Waals surface area (Å²) in [5, 5.41) is 0. The fraction of sp³-hybridized carbons (Fsp3) is 0. The van der Waals surface area contributed by atoms with Crippen molar-refractivity contribution in [3.8, 4) is 0 Å². The third kappa shape index (κ3) is 2.67. The van der Waals surface area contributed by atoms with Crippen molar-refractivity contribution < 1.29 is 0 Å². The zero-order valence-electron chi connectivity index (χ0n) is 8.10. The monoisotopic (exact) mass is 323 g/mol. The fourth-order valence-corrected chi connectivity index (χ4v) is 4.12. The maximum atomic E-state index is 6.13. The molecule has 0 spiro atoms. The van der Waals surface area contributed by atoms with E-state index in [1.165, 1.54) is 11.4 Å². The van der Waals surface area contributed by atoms with E-state index in [4.69, 9.17) is 8.92 Å². The van der Waals surface area contributed by atoms with E-state index in [-0.39, 0.29) is 0 Å². The van der Waals surface area contributed by atoms with Crippen molar-refractivity contribution in [2.45, 2.75) is 0 Å². The molecule has 0 fully saturated rings. The molecule has 2 rings (SSSR count). The van der Waals surface area contributed by atoms with Gasteiger partial charge in [0, 0.05) is 0 Å². The van der Waals surface area contributed by atoms with Crippen LogP contribution in [0.25, 0.3) is 0 Å². The zero-order valence-corrected chi connectivity index (χ0v) is 11.7. The van der Waals surface area contributed by atoms with Gasteiger partial charge in [-0.1, -0.05) is 0 Å². The Balaban J connectivity index is 2.34. The van der Waals surface area contributed by atoms with Crippen LogP contribution in [-0.2, 0) is 0 Å². The predicted octanol–water partition coefficient (Wildman–Crippen LogP) is 3.60. The molecule has 0 saturated heterocycles. The van der Waals surface area contributed by atoms with Gasteiger partial charge in [0.15, 0.2) is 0 Å². The Labute approximate surface area is 104 Å². The standard InChI is InChI=1S/C12H10N.ClH.Sn/c1-3-7-11(8-4-1)13-12-9-5-2-6-10-12;;/h1-10H;1H;/q-1;;+2/p-1. The Hall–Kier alpha value is -0.671. The van der Waals surface area contributed by atoms with Crippen molar-refractivity contribution in [2.75, 3.05) is 3.12 Å². The molecule has 3 heteroatoms. The number of anilines is 2. The molecule has 0 N–H and O–H groups in total. The molecule has 0 aliphatic rings. The third-order valence-corrected chi connectivity index (χ3v) is 5.20. The van der Waals surface area contributed by atoms with Gasteiger partial charge in [-0.2, -0.15) is 0 Å². The number of hydrogen-bond donors (Lipinski definition) is 0. The van der Waals surface area contributed by atoms with Crippen LogP contribution in [0.5, 0.6) is 0 Å². The molecule has 2 radical (unpaired) electrons. The molecule has 0 aromatic heterocycles. The second-order valence-electron chi connectivity index (χ2n) is 3.09. The van der Waals surface area contributed by atoms with Gasteiger partial charge in [-0.05, 0) is 0 Å². The molecule has 1 nitrogen and oxygen atoms in total. The number of rotatable bonds is 3. The van der Waals surface area contributed by atoms with Crippen LogP contribution in [0.3, 0.4) is 0 Å². The molecule has 0 bridgehead atoms.